The highest BCUT2D eigenvalue weighted by Crippen LogP contribution is 2.44. The van der Waals surface area contributed by atoms with Gasteiger partial charge in [0.25, 0.3) is 6.71 Å². The summed E-state index contributed by atoms with van der Waals surface area (Å²) in [4.78, 5) is 14.2. The van der Waals surface area contributed by atoms with Gasteiger partial charge in [-0.3, -0.25) is 4.98 Å². The number of ether oxygens (including phenoxy) is 1. The molecule has 10 rings (SSSR count). The third-order valence-corrected chi connectivity index (χ3v) is 9.80. The molecule has 234 valence electrons. The molecule has 8 aromatic rings. The molecule has 4 heterocycles. The maximum Gasteiger partial charge on any atom is 0.252 e. The molecule has 2 aromatic heterocycles. The van der Waals surface area contributed by atoms with E-state index < -0.39 is 0 Å². The zero-order valence-electron chi connectivity index (χ0n) is 27.0. The van der Waals surface area contributed by atoms with Gasteiger partial charge in [0.1, 0.15) is 5.75 Å². The topological polar surface area (TPSA) is 41.5 Å². The van der Waals surface area contributed by atoms with Crippen LogP contribution < -0.4 is 30.9 Å². The molecule has 0 N–H and O–H groups in total. The standard InChI is InChI=1S/C44H29BN4O/c1-3-13-32(14-4-1)48-38-23-21-31(44-35-17-8-7-12-30(35)25-27-47-44)28-36(38)45-37-29-34(50-42-20-9-10-26-46-42)22-24-39(37)49(33-15-5-2-6-16-33)41-19-11-18-40(48)43(41)45/h1-29H. The summed E-state index contributed by atoms with van der Waals surface area (Å²) in [5.74, 6) is 1.31. The molecule has 0 aliphatic carbocycles. The van der Waals surface area contributed by atoms with Crippen molar-refractivity contribution in [2.45, 2.75) is 0 Å². The second-order valence-corrected chi connectivity index (χ2v) is 12.6. The number of hydrogen-bond donors (Lipinski definition) is 0. The Bertz CT molecular complexity index is 2520. The van der Waals surface area contributed by atoms with Gasteiger partial charge in [-0.05, 0) is 94.6 Å². The van der Waals surface area contributed by atoms with Gasteiger partial charge in [0.05, 0.1) is 5.69 Å². The molecule has 6 aromatic carbocycles. The third-order valence-electron chi connectivity index (χ3n) is 9.80. The molecule has 0 saturated carbocycles. The average molecular weight is 641 g/mol. The van der Waals surface area contributed by atoms with Crippen molar-refractivity contribution in [1.29, 1.82) is 0 Å². The summed E-state index contributed by atoms with van der Waals surface area (Å²) in [6.45, 7) is -0.0756. The molecular weight excluding hydrogens is 611 g/mol. The fourth-order valence-electron chi connectivity index (χ4n) is 7.72. The molecule has 0 fully saturated rings. The van der Waals surface area contributed by atoms with Crippen molar-refractivity contribution in [2.24, 2.45) is 0 Å². The zero-order chi connectivity index (χ0) is 33.0. The van der Waals surface area contributed by atoms with Crippen LogP contribution in [0.5, 0.6) is 11.6 Å². The second kappa shape index (κ2) is 11.5. The van der Waals surface area contributed by atoms with Crippen LogP contribution in [0.4, 0.5) is 34.1 Å². The minimum Gasteiger partial charge on any atom is -0.439 e. The Morgan fingerprint density at radius 3 is 1.86 bits per heavy atom. The van der Waals surface area contributed by atoms with Crippen molar-refractivity contribution >= 4 is 68.0 Å². The number of anilines is 6. The Kier molecular flexibility index (Phi) is 6.52. The first kappa shape index (κ1) is 28.4. The molecule has 0 saturated heterocycles. The summed E-state index contributed by atoms with van der Waals surface area (Å²) in [7, 11) is 0. The zero-order valence-corrected chi connectivity index (χ0v) is 27.0. The molecule has 0 atom stereocenters. The molecule has 6 heteroatoms. The van der Waals surface area contributed by atoms with Crippen molar-refractivity contribution < 1.29 is 4.74 Å². The van der Waals surface area contributed by atoms with Crippen LogP contribution in [-0.4, -0.2) is 16.7 Å². The quantitative estimate of drug-likeness (QED) is 0.176. The molecule has 5 nitrogen and oxygen atoms in total. The smallest absolute Gasteiger partial charge is 0.252 e. The van der Waals surface area contributed by atoms with Gasteiger partial charge in [0.2, 0.25) is 5.88 Å². The van der Waals surface area contributed by atoms with Crippen LogP contribution >= 0.6 is 0 Å². The monoisotopic (exact) mass is 640 g/mol. The van der Waals surface area contributed by atoms with Gasteiger partial charge >= 0.3 is 0 Å². The third kappa shape index (κ3) is 4.50. The molecule has 2 aliphatic rings. The normalized spacial score (nSPS) is 12.7. The number of rotatable bonds is 5. The maximum atomic E-state index is 6.38. The number of hydrogen-bond acceptors (Lipinski definition) is 5. The minimum atomic E-state index is -0.0756. The van der Waals surface area contributed by atoms with Crippen LogP contribution in [0.15, 0.2) is 176 Å². The number of aromatic nitrogens is 2. The Labute approximate surface area is 290 Å². The summed E-state index contributed by atoms with van der Waals surface area (Å²) < 4.78 is 6.38. The van der Waals surface area contributed by atoms with Crippen LogP contribution in [0, 0.1) is 0 Å². The van der Waals surface area contributed by atoms with Crippen LogP contribution in [0.1, 0.15) is 0 Å². The Hall–Kier alpha value is -6.66. The number of nitrogens with zero attached hydrogens (tertiary/aromatic N) is 4. The summed E-state index contributed by atoms with van der Waals surface area (Å²) in [6, 6.07) is 57.6. The van der Waals surface area contributed by atoms with Crippen LogP contribution in [-0.2, 0) is 0 Å². The van der Waals surface area contributed by atoms with Crippen molar-refractivity contribution in [3.8, 4) is 22.9 Å². The van der Waals surface area contributed by atoms with Gasteiger partial charge in [0.15, 0.2) is 0 Å². The lowest BCUT2D eigenvalue weighted by atomic mass is 9.33. The Morgan fingerprint density at radius 2 is 1.14 bits per heavy atom. The number of para-hydroxylation sites is 2. The lowest BCUT2D eigenvalue weighted by molar-refractivity contribution is 0.463. The van der Waals surface area contributed by atoms with E-state index in [1.54, 1.807) is 6.20 Å². The van der Waals surface area contributed by atoms with E-state index in [0.29, 0.717) is 5.88 Å². The van der Waals surface area contributed by atoms with E-state index in [0.717, 1.165) is 56.5 Å². The van der Waals surface area contributed by atoms with Gasteiger partial charge in [-0.25, -0.2) is 4.98 Å². The second-order valence-electron chi connectivity index (χ2n) is 12.6. The predicted molar refractivity (Wildman–Crippen MR) is 206 cm³/mol. The minimum absolute atomic E-state index is 0.0756. The van der Waals surface area contributed by atoms with Crippen LogP contribution in [0.3, 0.4) is 0 Å². The van der Waals surface area contributed by atoms with Crippen molar-refractivity contribution in [3.63, 3.8) is 0 Å². The fraction of sp³-hybridized carbons (Fsp3) is 0. The molecular formula is C44H29BN4O. The van der Waals surface area contributed by atoms with Gasteiger partial charge in [-0.15, -0.1) is 0 Å². The number of benzene rings is 6. The lowest BCUT2D eigenvalue weighted by Gasteiger charge is -2.44. The van der Waals surface area contributed by atoms with Crippen LogP contribution in [0.2, 0.25) is 0 Å². The SMILES string of the molecule is c1ccc(N2c3ccc(Oc4ccccn4)cc3B3c4cc(-c5nccc6ccccc56)ccc4N(c4ccccc4)c4cccc2c43)cc1. The number of pyridine rings is 2. The number of fused-ring (bicyclic) bond motifs is 5. The van der Waals surface area contributed by atoms with E-state index in [2.05, 4.69) is 160 Å². The highest BCUT2D eigenvalue weighted by Gasteiger charge is 2.43. The molecule has 0 unspecified atom stereocenters. The molecule has 0 spiro atoms. The predicted octanol–water partition coefficient (Wildman–Crippen LogP) is 9.17. The molecule has 0 amide bonds. The van der Waals surface area contributed by atoms with E-state index in [4.69, 9.17) is 9.72 Å². The van der Waals surface area contributed by atoms with Crippen molar-refractivity contribution in [3.05, 3.63) is 176 Å². The van der Waals surface area contributed by atoms with Gasteiger partial charge in [0, 0.05) is 63.5 Å². The molecule has 2 aliphatic heterocycles. The van der Waals surface area contributed by atoms with E-state index in [-0.39, 0.29) is 6.71 Å². The van der Waals surface area contributed by atoms with Crippen molar-refractivity contribution in [1.82, 2.24) is 9.97 Å². The summed E-state index contributed by atoms with van der Waals surface area (Å²) in [5.41, 5.74) is 12.5. The van der Waals surface area contributed by atoms with Gasteiger partial charge in [-0.2, -0.15) is 0 Å². The summed E-state index contributed by atoms with van der Waals surface area (Å²) >= 11 is 0. The first-order chi connectivity index (χ1) is 24.8. The molecule has 0 bridgehead atoms. The van der Waals surface area contributed by atoms with E-state index in [1.807, 2.05) is 24.4 Å². The fourth-order valence-corrected chi connectivity index (χ4v) is 7.72. The summed E-state index contributed by atoms with van der Waals surface area (Å²) in [6.07, 6.45) is 3.67. The summed E-state index contributed by atoms with van der Waals surface area (Å²) in [5, 5.41) is 2.31. The lowest BCUT2D eigenvalue weighted by Crippen LogP contribution is -2.61. The van der Waals surface area contributed by atoms with E-state index in [1.165, 1.54) is 21.8 Å². The molecule has 50 heavy (non-hydrogen) atoms. The molecule has 0 radical (unpaired) electrons. The first-order valence-corrected chi connectivity index (χ1v) is 16.9. The van der Waals surface area contributed by atoms with E-state index in [9.17, 15) is 0 Å². The average Bonchev–Trinajstić information content (AvgIpc) is 3.18. The maximum absolute atomic E-state index is 6.38. The van der Waals surface area contributed by atoms with Crippen molar-refractivity contribution in [2.75, 3.05) is 9.80 Å². The highest BCUT2D eigenvalue weighted by atomic mass is 16.5. The highest BCUT2D eigenvalue weighted by molar-refractivity contribution is 7.00. The Morgan fingerprint density at radius 1 is 0.480 bits per heavy atom. The van der Waals surface area contributed by atoms with Crippen LogP contribution in [0.25, 0.3) is 22.0 Å². The Balaban J connectivity index is 1.26. The van der Waals surface area contributed by atoms with E-state index >= 15 is 0 Å². The first-order valence-electron chi connectivity index (χ1n) is 16.9. The largest absolute Gasteiger partial charge is 0.439 e. The van der Waals surface area contributed by atoms with Gasteiger partial charge < -0.3 is 14.5 Å². The van der Waals surface area contributed by atoms with Gasteiger partial charge in [-0.1, -0.05) is 84.9 Å².